The molecule has 15 rings (SSSR count). The van der Waals surface area contributed by atoms with Crippen molar-refractivity contribution >= 4 is 93.1 Å². The fourth-order valence-electron chi connectivity index (χ4n) is 12.4. The van der Waals surface area contributed by atoms with Gasteiger partial charge in [0.2, 0.25) is 0 Å². The Hall–Kier alpha value is -7.48. The van der Waals surface area contributed by atoms with Crippen LogP contribution >= 0.6 is 15.9 Å². The molecule has 0 spiro atoms. The van der Waals surface area contributed by atoms with Gasteiger partial charge >= 0.3 is 7.12 Å². The van der Waals surface area contributed by atoms with E-state index in [0.29, 0.717) is 0 Å². The number of pyridine rings is 2. The van der Waals surface area contributed by atoms with Gasteiger partial charge in [0, 0.05) is 28.8 Å². The van der Waals surface area contributed by atoms with Crippen molar-refractivity contribution in [3.05, 3.63) is 233 Å². The summed E-state index contributed by atoms with van der Waals surface area (Å²) in [6, 6.07) is 70.5. The van der Waals surface area contributed by atoms with Crippen LogP contribution in [0.3, 0.4) is 0 Å². The van der Waals surface area contributed by atoms with Crippen molar-refractivity contribution in [2.45, 2.75) is 77.4 Å². The molecule has 1 aliphatic heterocycles. The summed E-state index contributed by atoms with van der Waals surface area (Å²) >= 11 is 3.20. The second-order valence-electron chi connectivity index (χ2n) is 22.8. The van der Waals surface area contributed by atoms with Crippen molar-refractivity contribution in [2.24, 2.45) is 0 Å². The van der Waals surface area contributed by atoms with Crippen LogP contribution in [0.5, 0.6) is 0 Å². The second kappa shape index (κ2) is 17.8. The molecule has 1 fully saturated rings. The number of aromatic nitrogens is 2. The summed E-state index contributed by atoms with van der Waals surface area (Å²) in [7, 11) is -0.355. The highest BCUT2D eigenvalue weighted by Gasteiger charge is 2.52. The zero-order chi connectivity index (χ0) is 52.3. The Bertz CT molecular complexity index is 4300. The van der Waals surface area contributed by atoms with Gasteiger partial charge in [-0.1, -0.05) is 167 Å². The molecule has 10 aromatic carbocycles. The van der Waals surface area contributed by atoms with E-state index in [0.717, 1.165) is 15.8 Å². The minimum atomic E-state index is -0.355. The highest BCUT2D eigenvalue weighted by Crippen LogP contribution is 2.54. The molecule has 76 heavy (non-hydrogen) atoms. The molecular formula is C70H58BBrN2O2. The topological polar surface area (TPSA) is 44.2 Å². The normalized spacial score (nSPS) is 16.0. The zero-order valence-electron chi connectivity index (χ0n) is 44.3. The van der Waals surface area contributed by atoms with Gasteiger partial charge in [-0.05, 0) is 213 Å². The molecule has 2 aliphatic carbocycles. The Labute approximate surface area is 454 Å². The number of halogens is 1. The van der Waals surface area contributed by atoms with Crippen LogP contribution in [0.25, 0.3) is 98.1 Å². The van der Waals surface area contributed by atoms with Gasteiger partial charge in [0.15, 0.2) is 0 Å². The van der Waals surface area contributed by atoms with Gasteiger partial charge in [-0.25, -0.2) is 4.98 Å². The molecule has 2 aromatic heterocycles. The molecular weight excluding hydrogens is 991 g/mol. The first-order valence-corrected chi connectivity index (χ1v) is 27.3. The number of nitrogens with zero attached hydrogens (tertiary/aromatic N) is 2. The number of hydrogen-bond acceptors (Lipinski definition) is 4. The van der Waals surface area contributed by atoms with Crippen molar-refractivity contribution in [2.75, 3.05) is 0 Å². The summed E-state index contributed by atoms with van der Waals surface area (Å²) in [4.78, 5) is 8.48. The number of benzene rings is 10. The molecule has 0 N–H and O–H groups in total. The van der Waals surface area contributed by atoms with E-state index >= 15 is 0 Å². The molecule has 0 bridgehead atoms. The Morgan fingerprint density at radius 1 is 0.342 bits per heavy atom. The van der Waals surface area contributed by atoms with E-state index in [1.165, 1.54) is 115 Å². The molecule has 0 atom stereocenters. The fraction of sp³-hybridized carbons (Fsp3) is 0.171. The van der Waals surface area contributed by atoms with E-state index in [2.05, 4.69) is 251 Å². The molecule has 3 heterocycles. The van der Waals surface area contributed by atoms with Crippen LogP contribution in [-0.4, -0.2) is 28.3 Å². The van der Waals surface area contributed by atoms with Gasteiger partial charge in [0.25, 0.3) is 0 Å². The lowest BCUT2D eigenvalue weighted by Crippen LogP contribution is -2.41. The molecule has 0 unspecified atom stereocenters. The molecule has 3 aliphatic rings. The molecule has 1 saturated heterocycles. The Balaban J connectivity index is 0.000000129. The summed E-state index contributed by atoms with van der Waals surface area (Å²) < 4.78 is 13.7. The number of rotatable bonds is 2. The summed E-state index contributed by atoms with van der Waals surface area (Å²) in [6.07, 6.45) is 3.61. The van der Waals surface area contributed by atoms with Crippen LogP contribution in [-0.2, 0) is 20.1 Å². The Morgan fingerprint density at radius 2 is 0.711 bits per heavy atom. The molecule has 6 heteroatoms. The third-order valence-corrected chi connectivity index (χ3v) is 17.7. The number of hydrogen-bond donors (Lipinski definition) is 0. The largest absolute Gasteiger partial charge is 0.494 e. The lowest BCUT2D eigenvalue weighted by Gasteiger charge is -2.32. The van der Waals surface area contributed by atoms with Crippen LogP contribution in [0.15, 0.2) is 211 Å². The van der Waals surface area contributed by atoms with E-state index in [4.69, 9.17) is 9.31 Å². The minimum absolute atomic E-state index is 0.0730. The van der Waals surface area contributed by atoms with Crippen LogP contribution in [0, 0.1) is 0 Å². The highest BCUT2D eigenvalue weighted by molar-refractivity contribution is 9.10. The molecule has 12 aromatic rings. The monoisotopic (exact) mass is 1050 g/mol. The van der Waals surface area contributed by atoms with Crippen LogP contribution in [0.2, 0.25) is 0 Å². The van der Waals surface area contributed by atoms with Crippen LogP contribution < -0.4 is 5.46 Å². The van der Waals surface area contributed by atoms with Crippen LogP contribution in [0.4, 0.5) is 0 Å². The summed E-state index contributed by atoms with van der Waals surface area (Å²) in [5.74, 6) is 0. The Kier molecular flexibility index (Phi) is 11.3. The first-order chi connectivity index (χ1) is 36.6. The molecule has 0 radical (unpaired) electrons. The summed E-state index contributed by atoms with van der Waals surface area (Å²) in [5, 5.41) is 15.9. The first kappa shape index (κ1) is 48.2. The summed E-state index contributed by atoms with van der Waals surface area (Å²) in [6.45, 7) is 17.9. The van der Waals surface area contributed by atoms with E-state index in [1.807, 2.05) is 30.5 Å². The highest BCUT2D eigenvalue weighted by atomic mass is 79.9. The van der Waals surface area contributed by atoms with Crippen molar-refractivity contribution < 1.29 is 9.31 Å². The third-order valence-electron chi connectivity index (χ3n) is 17.2. The Morgan fingerprint density at radius 3 is 1.11 bits per heavy atom. The van der Waals surface area contributed by atoms with Gasteiger partial charge < -0.3 is 9.31 Å². The van der Waals surface area contributed by atoms with Crippen LogP contribution in [0.1, 0.15) is 77.6 Å². The smallest absolute Gasteiger partial charge is 0.399 e. The number of fused-ring (bicyclic) bond motifs is 18. The maximum absolute atomic E-state index is 6.39. The predicted octanol–water partition coefficient (Wildman–Crippen LogP) is 18.1. The minimum Gasteiger partial charge on any atom is -0.399 e. The third kappa shape index (κ3) is 7.63. The predicted molar refractivity (Wildman–Crippen MR) is 324 cm³/mol. The quantitative estimate of drug-likeness (QED) is 0.0983. The maximum Gasteiger partial charge on any atom is 0.494 e. The van der Waals surface area contributed by atoms with E-state index in [1.54, 1.807) is 6.20 Å². The van der Waals surface area contributed by atoms with Crippen molar-refractivity contribution in [3.63, 3.8) is 0 Å². The molecule has 0 amide bonds. The van der Waals surface area contributed by atoms with Gasteiger partial charge in [-0.15, -0.1) is 0 Å². The van der Waals surface area contributed by atoms with Gasteiger partial charge in [0.1, 0.15) is 4.60 Å². The summed E-state index contributed by atoms with van der Waals surface area (Å²) in [5.41, 5.74) is 13.3. The molecule has 370 valence electrons. The van der Waals surface area contributed by atoms with Gasteiger partial charge in [0.05, 0.1) is 16.9 Å². The van der Waals surface area contributed by atoms with E-state index in [-0.39, 0.29) is 29.2 Å². The average Bonchev–Trinajstić information content (AvgIpc) is 4.12. The van der Waals surface area contributed by atoms with Gasteiger partial charge in [-0.3, -0.25) is 4.98 Å². The zero-order valence-corrected chi connectivity index (χ0v) is 45.9. The van der Waals surface area contributed by atoms with Crippen molar-refractivity contribution in [1.82, 2.24) is 9.97 Å². The molecule has 4 nitrogen and oxygen atoms in total. The standard InChI is InChI=1S/C33H31BO2.C32H23N.C5H4BrN/c1-31(2)29-17-20(34-35-32(3,4)33(5,6)36-34)15-16-25(29)28-18-26-23-13-9-7-11-21(23)22-12-8-10-14-24(22)27(26)19-30(28)31;1-32(2)29-17-20(31-13-7-8-16-33-31)14-15-25(29)28-18-26-23-11-5-3-9-21(23)22-10-4-6-12-24(22)27(26)19-30(28)32;6-5-3-1-2-4-7-5/h7-19H,1-6H3;3-19H,1-2H3;1-4H. The first-order valence-electron chi connectivity index (χ1n) is 26.5. The second-order valence-corrected chi connectivity index (χ2v) is 23.7. The van der Waals surface area contributed by atoms with Crippen molar-refractivity contribution in [1.29, 1.82) is 0 Å². The maximum atomic E-state index is 6.39. The van der Waals surface area contributed by atoms with Crippen molar-refractivity contribution in [3.8, 4) is 33.5 Å². The van der Waals surface area contributed by atoms with E-state index in [9.17, 15) is 0 Å². The van der Waals surface area contributed by atoms with Gasteiger partial charge in [-0.2, -0.15) is 0 Å². The lowest BCUT2D eigenvalue weighted by molar-refractivity contribution is 0.00578. The SMILES string of the molecule is Brc1ccccn1.CC1(C)c2cc(-c3ccccn3)ccc2-c2cc3c4ccccc4c4ccccc4c3cc21.CC1(C)c2cc(B3OC(C)(C)C(C)(C)O3)ccc2-c2cc3c4ccccc4c4ccccc4c3cc21. The average molecular weight is 1050 g/mol. The van der Waals surface area contributed by atoms with E-state index < -0.39 is 0 Å². The molecule has 0 saturated carbocycles. The fourth-order valence-corrected chi connectivity index (χ4v) is 12.7. The lowest BCUT2D eigenvalue weighted by atomic mass is 9.74.